The second-order valence-electron chi connectivity index (χ2n) is 7.15. The van der Waals surface area contributed by atoms with E-state index in [9.17, 15) is 0 Å². The van der Waals surface area contributed by atoms with E-state index in [0.29, 0.717) is 6.04 Å². The lowest BCUT2D eigenvalue weighted by atomic mass is 9.85. The monoisotopic (exact) mass is 254 g/mol. The Hall–Kier alpha value is -0.120. The Morgan fingerprint density at radius 1 is 1.22 bits per heavy atom. The van der Waals surface area contributed by atoms with Gasteiger partial charge in [-0.05, 0) is 59.9 Å². The molecule has 1 saturated heterocycles. The highest BCUT2D eigenvalue weighted by molar-refractivity contribution is 5.02. The van der Waals surface area contributed by atoms with Gasteiger partial charge in [-0.2, -0.15) is 0 Å². The SMILES string of the molecule is CC1(C)CC(N(CCCN)C2CCC2)C(C)(C)O1. The Labute approximate surface area is 112 Å². The van der Waals surface area contributed by atoms with Gasteiger partial charge in [0.05, 0.1) is 11.2 Å². The van der Waals surface area contributed by atoms with E-state index >= 15 is 0 Å². The molecule has 3 heteroatoms. The van der Waals surface area contributed by atoms with Gasteiger partial charge >= 0.3 is 0 Å². The van der Waals surface area contributed by atoms with Crippen molar-refractivity contribution in [2.45, 2.75) is 83.1 Å². The van der Waals surface area contributed by atoms with Crippen molar-refractivity contribution in [1.82, 2.24) is 4.90 Å². The zero-order chi connectivity index (χ0) is 13.4. The van der Waals surface area contributed by atoms with E-state index < -0.39 is 0 Å². The summed E-state index contributed by atoms with van der Waals surface area (Å²) in [7, 11) is 0. The highest BCUT2D eigenvalue weighted by atomic mass is 16.5. The van der Waals surface area contributed by atoms with Gasteiger partial charge in [0, 0.05) is 18.6 Å². The summed E-state index contributed by atoms with van der Waals surface area (Å²) in [4.78, 5) is 2.70. The van der Waals surface area contributed by atoms with E-state index in [2.05, 4.69) is 32.6 Å². The Balaban J connectivity index is 2.09. The fourth-order valence-electron chi connectivity index (χ4n) is 3.63. The maximum Gasteiger partial charge on any atom is 0.0789 e. The Morgan fingerprint density at radius 2 is 1.89 bits per heavy atom. The van der Waals surface area contributed by atoms with Crippen molar-refractivity contribution >= 4 is 0 Å². The summed E-state index contributed by atoms with van der Waals surface area (Å²) < 4.78 is 6.26. The van der Waals surface area contributed by atoms with Crippen LogP contribution in [0.1, 0.15) is 59.8 Å². The molecule has 2 aliphatic rings. The fraction of sp³-hybridized carbons (Fsp3) is 1.00. The number of ether oxygens (including phenoxy) is 1. The number of nitrogens with two attached hydrogens (primary N) is 1. The van der Waals surface area contributed by atoms with Crippen molar-refractivity contribution in [2.24, 2.45) is 5.73 Å². The standard InChI is InChI=1S/C15H30N2O/c1-14(2)11-13(15(3,4)18-14)17(10-6-9-16)12-7-5-8-12/h12-13H,5-11,16H2,1-4H3. The summed E-state index contributed by atoms with van der Waals surface area (Å²) in [5, 5.41) is 0. The van der Waals surface area contributed by atoms with Gasteiger partial charge in [0.1, 0.15) is 0 Å². The third-order valence-corrected chi connectivity index (χ3v) is 4.59. The van der Waals surface area contributed by atoms with Crippen LogP contribution in [0, 0.1) is 0 Å². The van der Waals surface area contributed by atoms with Gasteiger partial charge in [0.2, 0.25) is 0 Å². The van der Waals surface area contributed by atoms with E-state index in [1.54, 1.807) is 0 Å². The van der Waals surface area contributed by atoms with E-state index in [-0.39, 0.29) is 11.2 Å². The highest BCUT2D eigenvalue weighted by Crippen LogP contribution is 2.42. The molecule has 106 valence electrons. The molecule has 1 saturated carbocycles. The van der Waals surface area contributed by atoms with E-state index in [1.165, 1.54) is 19.3 Å². The summed E-state index contributed by atoms with van der Waals surface area (Å²) >= 11 is 0. The minimum Gasteiger partial charge on any atom is -0.368 e. The van der Waals surface area contributed by atoms with Crippen LogP contribution in [-0.2, 0) is 4.74 Å². The molecule has 2 N–H and O–H groups in total. The summed E-state index contributed by atoms with van der Waals surface area (Å²) in [5.74, 6) is 0. The van der Waals surface area contributed by atoms with Crippen molar-refractivity contribution < 1.29 is 4.74 Å². The molecular weight excluding hydrogens is 224 g/mol. The van der Waals surface area contributed by atoms with Crippen LogP contribution < -0.4 is 5.73 Å². The van der Waals surface area contributed by atoms with Crippen LogP contribution in [0.4, 0.5) is 0 Å². The van der Waals surface area contributed by atoms with Crippen LogP contribution in [0.5, 0.6) is 0 Å². The molecular formula is C15H30N2O. The Morgan fingerprint density at radius 3 is 2.28 bits per heavy atom. The topological polar surface area (TPSA) is 38.5 Å². The molecule has 1 aliphatic heterocycles. The van der Waals surface area contributed by atoms with Crippen LogP contribution >= 0.6 is 0 Å². The minimum absolute atomic E-state index is 0.0128. The predicted molar refractivity (Wildman–Crippen MR) is 75.7 cm³/mol. The molecule has 0 radical (unpaired) electrons. The summed E-state index contributed by atoms with van der Waals surface area (Å²) in [6.45, 7) is 10.9. The molecule has 0 aromatic heterocycles. The maximum atomic E-state index is 6.26. The largest absolute Gasteiger partial charge is 0.368 e. The molecule has 0 aromatic carbocycles. The van der Waals surface area contributed by atoms with E-state index in [1.807, 2.05) is 0 Å². The normalized spacial score (nSPS) is 30.7. The molecule has 18 heavy (non-hydrogen) atoms. The van der Waals surface area contributed by atoms with Crippen LogP contribution in [0.25, 0.3) is 0 Å². The molecule has 0 aromatic rings. The van der Waals surface area contributed by atoms with Gasteiger partial charge in [-0.15, -0.1) is 0 Å². The van der Waals surface area contributed by atoms with Gasteiger partial charge < -0.3 is 10.5 Å². The van der Waals surface area contributed by atoms with Crippen molar-refractivity contribution in [2.75, 3.05) is 13.1 Å². The van der Waals surface area contributed by atoms with Gasteiger partial charge in [0.25, 0.3) is 0 Å². The highest BCUT2D eigenvalue weighted by Gasteiger charge is 2.49. The van der Waals surface area contributed by atoms with Crippen molar-refractivity contribution in [3.05, 3.63) is 0 Å². The van der Waals surface area contributed by atoms with Gasteiger partial charge in [0.15, 0.2) is 0 Å². The smallest absolute Gasteiger partial charge is 0.0789 e. The molecule has 1 unspecified atom stereocenters. The third-order valence-electron chi connectivity index (χ3n) is 4.59. The first kappa shape index (κ1) is 14.3. The second kappa shape index (κ2) is 5.10. The average Bonchev–Trinajstić information content (AvgIpc) is 2.38. The average molecular weight is 254 g/mol. The number of rotatable bonds is 5. The molecule has 2 rings (SSSR count). The third kappa shape index (κ3) is 2.89. The zero-order valence-corrected chi connectivity index (χ0v) is 12.5. The second-order valence-corrected chi connectivity index (χ2v) is 7.15. The Kier molecular flexibility index (Phi) is 4.05. The predicted octanol–water partition coefficient (Wildman–Crippen LogP) is 2.54. The lowest BCUT2D eigenvalue weighted by molar-refractivity contribution is -0.0876. The number of nitrogens with zero attached hydrogens (tertiary/aromatic N) is 1. The van der Waals surface area contributed by atoms with Crippen LogP contribution in [0.15, 0.2) is 0 Å². The number of hydrogen-bond acceptors (Lipinski definition) is 3. The quantitative estimate of drug-likeness (QED) is 0.819. The van der Waals surface area contributed by atoms with Gasteiger partial charge in [-0.25, -0.2) is 0 Å². The van der Waals surface area contributed by atoms with Crippen LogP contribution in [0.3, 0.4) is 0 Å². The summed E-state index contributed by atoms with van der Waals surface area (Å²) in [6.07, 6.45) is 6.35. The van der Waals surface area contributed by atoms with Gasteiger partial charge in [-0.1, -0.05) is 6.42 Å². The van der Waals surface area contributed by atoms with Crippen LogP contribution in [0.2, 0.25) is 0 Å². The molecule has 3 nitrogen and oxygen atoms in total. The summed E-state index contributed by atoms with van der Waals surface area (Å²) in [5.41, 5.74) is 5.68. The summed E-state index contributed by atoms with van der Waals surface area (Å²) in [6, 6.07) is 1.32. The molecule has 0 bridgehead atoms. The maximum absolute atomic E-state index is 6.26. The van der Waals surface area contributed by atoms with Gasteiger partial charge in [-0.3, -0.25) is 4.90 Å². The van der Waals surface area contributed by atoms with E-state index in [4.69, 9.17) is 10.5 Å². The first-order valence-corrected chi connectivity index (χ1v) is 7.52. The molecule has 1 aliphatic carbocycles. The lowest BCUT2D eigenvalue weighted by Gasteiger charge is -2.45. The fourth-order valence-corrected chi connectivity index (χ4v) is 3.63. The molecule has 1 atom stereocenters. The molecule has 0 spiro atoms. The number of hydrogen-bond donors (Lipinski definition) is 1. The van der Waals surface area contributed by atoms with Crippen molar-refractivity contribution in [3.8, 4) is 0 Å². The first-order chi connectivity index (χ1) is 8.36. The molecule has 0 amide bonds. The molecule has 2 fully saturated rings. The first-order valence-electron chi connectivity index (χ1n) is 7.52. The minimum atomic E-state index is -0.0340. The lowest BCUT2D eigenvalue weighted by Crippen LogP contribution is -2.53. The van der Waals surface area contributed by atoms with Crippen molar-refractivity contribution in [3.63, 3.8) is 0 Å². The van der Waals surface area contributed by atoms with E-state index in [0.717, 1.165) is 32.0 Å². The Bertz CT molecular complexity index is 284. The van der Waals surface area contributed by atoms with Crippen LogP contribution in [-0.4, -0.2) is 41.3 Å². The van der Waals surface area contributed by atoms with Crippen molar-refractivity contribution in [1.29, 1.82) is 0 Å². The zero-order valence-electron chi connectivity index (χ0n) is 12.5. The molecule has 1 heterocycles.